The zero-order chi connectivity index (χ0) is 15.2. The van der Waals surface area contributed by atoms with E-state index in [1.54, 1.807) is 23.3 Å². The summed E-state index contributed by atoms with van der Waals surface area (Å²) in [6.45, 7) is 4.83. The minimum absolute atomic E-state index is 0.0115. The second-order valence-electron chi connectivity index (χ2n) is 4.75. The lowest BCUT2D eigenvalue weighted by Gasteiger charge is -2.06. The number of hydrogen-bond acceptors (Lipinski definition) is 4. The molecule has 2 aromatic heterocycles. The summed E-state index contributed by atoms with van der Waals surface area (Å²) in [5.74, 6) is -0.0115. The van der Waals surface area contributed by atoms with Gasteiger partial charge in [0.15, 0.2) is 0 Å². The number of halogens is 1. The van der Waals surface area contributed by atoms with Crippen LogP contribution >= 0.6 is 11.6 Å². The first-order valence-electron chi connectivity index (χ1n) is 6.79. The van der Waals surface area contributed by atoms with Gasteiger partial charge in [-0.15, -0.1) is 0 Å². The Morgan fingerprint density at radius 1 is 1.38 bits per heavy atom. The fourth-order valence-electron chi connectivity index (χ4n) is 1.98. The highest BCUT2D eigenvalue weighted by molar-refractivity contribution is 6.31. The van der Waals surface area contributed by atoms with Gasteiger partial charge in [-0.1, -0.05) is 11.6 Å². The lowest BCUT2D eigenvalue weighted by atomic mass is 10.3. The summed E-state index contributed by atoms with van der Waals surface area (Å²) in [4.78, 5) is 19.9. The van der Waals surface area contributed by atoms with Crippen molar-refractivity contribution in [3.05, 3.63) is 40.7 Å². The van der Waals surface area contributed by atoms with Gasteiger partial charge in [0.1, 0.15) is 0 Å². The Labute approximate surface area is 128 Å². The average molecular weight is 308 g/mol. The second kappa shape index (κ2) is 7.17. The number of rotatable bonds is 6. The zero-order valence-electron chi connectivity index (χ0n) is 12.1. The maximum atomic E-state index is 11.8. The predicted molar refractivity (Wildman–Crippen MR) is 80.1 cm³/mol. The number of hydrogen-bond donors (Lipinski definition) is 1. The summed E-state index contributed by atoms with van der Waals surface area (Å²) in [5.41, 5.74) is 2.54. The summed E-state index contributed by atoms with van der Waals surface area (Å²) in [6.07, 6.45) is 6.01. The molecule has 6 nitrogen and oxygen atoms in total. The van der Waals surface area contributed by atoms with Gasteiger partial charge in [-0.25, -0.2) is 0 Å². The standard InChI is InChI=1S/C14H18ClN5O/c1-10-14(15)11(2)20(19-10)8-4-13(21)18-5-3-12-9-16-6-7-17-12/h6-7,9H,3-5,8H2,1-2H3,(H,18,21). The molecule has 1 N–H and O–H groups in total. The number of carbonyl (C=O) groups excluding carboxylic acids is 1. The summed E-state index contributed by atoms with van der Waals surface area (Å²) in [7, 11) is 0. The first-order chi connectivity index (χ1) is 10.1. The number of amides is 1. The molecule has 0 radical (unpaired) electrons. The fraction of sp³-hybridized carbons (Fsp3) is 0.429. The van der Waals surface area contributed by atoms with Gasteiger partial charge >= 0.3 is 0 Å². The number of aromatic nitrogens is 4. The van der Waals surface area contributed by atoms with Crippen LogP contribution in [0.2, 0.25) is 5.02 Å². The Morgan fingerprint density at radius 2 is 2.19 bits per heavy atom. The third-order valence-electron chi connectivity index (χ3n) is 3.16. The van der Waals surface area contributed by atoms with Crippen LogP contribution in [0.3, 0.4) is 0 Å². The highest BCUT2D eigenvalue weighted by atomic mass is 35.5. The predicted octanol–water partition coefficient (Wildman–Crippen LogP) is 1.69. The van der Waals surface area contributed by atoms with Gasteiger partial charge in [0.05, 0.1) is 28.6 Å². The molecular formula is C14H18ClN5O. The minimum atomic E-state index is -0.0115. The molecule has 0 aliphatic heterocycles. The van der Waals surface area contributed by atoms with Crippen molar-refractivity contribution in [3.63, 3.8) is 0 Å². The summed E-state index contributed by atoms with van der Waals surface area (Å²) in [5, 5.41) is 7.82. The van der Waals surface area contributed by atoms with E-state index in [2.05, 4.69) is 20.4 Å². The molecule has 0 saturated heterocycles. The topological polar surface area (TPSA) is 72.7 Å². The molecule has 1 amide bonds. The normalized spacial score (nSPS) is 10.6. The number of nitrogens with one attached hydrogen (secondary N) is 1. The largest absolute Gasteiger partial charge is 0.356 e. The second-order valence-corrected chi connectivity index (χ2v) is 5.13. The molecular weight excluding hydrogens is 290 g/mol. The van der Waals surface area contributed by atoms with E-state index < -0.39 is 0 Å². The van der Waals surface area contributed by atoms with Crippen molar-refractivity contribution >= 4 is 17.5 Å². The van der Waals surface area contributed by atoms with Crippen LogP contribution in [0.1, 0.15) is 23.5 Å². The smallest absolute Gasteiger partial charge is 0.221 e. The van der Waals surface area contributed by atoms with Crippen LogP contribution in [0.4, 0.5) is 0 Å². The van der Waals surface area contributed by atoms with Crippen molar-refractivity contribution in [2.45, 2.75) is 33.2 Å². The van der Waals surface area contributed by atoms with Crippen LogP contribution < -0.4 is 5.32 Å². The number of aryl methyl sites for hydroxylation is 2. The van der Waals surface area contributed by atoms with Gasteiger partial charge < -0.3 is 5.32 Å². The Morgan fingerprint density at radius 3 is 2.81 bits per heavy atom. The molecule has 0 aliphatic rings. The van der Waals surface area contributed by atoms with E-state index in [1.165, 1.54) is 0 Å². The molecule has 0 saturated carbocycles. The number of nitrogens with zero attached hydrogens (tertiary/aromatic N) is 4. The van der Waals surface area contributed by atoms with Crippen molar-refractivity contribution in [1.29, 1.82) is 0 Å². The molecule has 0 spiro atoms. The van der Waals surface area contributed by atoms with Gasteiger partial charge in [-0.3, -0.25) is 19.4 Å². The first-order valence-corrected chi connectivity index (χ1v) is 7.17. The molecule has 0 unspecified atom stereocenters. The Kier molecular flexibility index (Phi) is 5.27. The Bertz CT molecular complexity index is 611. The Hall–Kier alpha value is -1.95. The molecule has 2 aromatic rings. The highest BCUT2D eigenvalue weighted by Crippen LogP contribution is 2.18. The van der Waals surface area contributed by atoms with Crippen LogP contribution in [0, 0.1) is 13.8 Å². The quantitative estimate of drug-likeness (QED) is 0.881. The van der Waals surface area contributed by atoms with Crippen LogP contribution in [0.15, 0.2) is 18.6 Å². The van der Waals surface area contributed by atoms with Crippen LogP contribution in [-0.4, -0.2) is 32.2 Å². The van der Waals surface area contributed by atoms with Crippen LogP contribution in [0.5, 0.6) is 0 Å². The van der Waals surface area contributed by atoms with Crippen molar-refractivity contribution in [1.82, 2.24) is 25.1 Å². The van der Waals surface area contributed by atoms with Gasteiger partial charge in [0.25, 0.3) is 0 Å². The molecule has 21 heavy (non-hydrogen) atoms. The van der Waals surface area contributed by atoms with E-state index in [-0.39, 0.29) is 5.91 Å². The molecule has 0 aliphatic carbocycles. The summed E-state index contributed by atoms with van der Waals surface area (Å²) in [6, 6.07) is 0. The van der Waals surface area contributed by atoms with Gasteiger partial charge in [0.2, 0.25) is 5.91 Å². The highest BCUT2D eigenvalue weighted by Gasteiger charge is 2.10. The van der Waals surface area contributed by atoms with Crippen molar-refractivity contribution in [2.24, 2.45) is 0 Å². The molecule has 112 valence electrons. The van der Waals surface area contributed by atoms with E-state index in [1.807, 2.05) is 13.8 Å². The SMILES string of the molecule is Cc1nn(CCC(=O)NCCc2cnccn2)c(C)c1Cl. The van der Waals surface area contributed by atoms with E-state index in [4.69, 9.17) is 11.6 Å². The van der Waals surface area contributed by atoms with Gasteiger partial charge in [-0.05, 0) is 13.8 Å². The first kappa shape index (κ1) is 15.4. The van der Waals surface area contributed by atoms with Crippen LogP contribution in [-0.2, 0) is 17.8 Å². The maximum absolute atomic E-state index is 11.8. The van der Waals surface area contributed by atoms with Crippen molar-refractivity contribution in [2.75, 3.05) is 6.54 Å². The lowest BCUT2D eigenvalue weighted by molar-refractivity contribution is -0.121. The molecule has 0 bridgehead atoms. The third kappa shape index (κ3) is 4.26. The van der Waals surface area contributed by atoms with E-state index >= 15 is 0 Å². The average Bonchev–Trinajstić information content (AvgIpc) is 2.73. The summed E-state index contributed by atoms with van der Waals surface area (Å²) < 4.78 is 1.76. The number of carbonyl (C=O) groups is 1. The maximum Gasteiger partial charge on any atom is 0.221 e. The molecule has 0 atom stereocenters. The van der Waals surface area contributed by atoms with E-state index in [9.17, 15) is 4.79 Å². The zero-order valence-corrected chi connectivity index (χ0v) is 12.9. The molecule has 2 heterocycles. The molecule has 2 rings (SSSR count). The fourth-order valence-corrected chi connectivity index (χ4v) is 2.11. The van der Waals surface area contributed by atoms with E-state index in [0.29, 0.717) is 31.0 Å². The van der Waals surface area contributed by atoms with Crippen molar-refractivity contribution < 1.29 is 4.79 Å². The molecule has 0 fully saturated rings. The van der Waals surface area contributed by atoms with Crippen LogP contribution in [0.25, 0.3) is 0 Å². The minimum Gasteiger partial charge on any atom is -0.356 e. The molecule has 7 heteroatoms. The monoisotopic (exact) mass is 307 g/mol. The van der Waals surface area contributed by atoms with E-state index in [0.717, 1.165) is 17.1 Å². The van der Waals surface area contributed by atoms with Crippen molar-refractivity contribution in [3.8, 4) is 0 Å². The van der Waals surface area contributed by atoms with Gasteiger partial charge in [0, 0.05) is 38.0 Å². The third-order valence-corrected chi connectivity index (χ3v) is 3.71. The molecule has 0 aromatic carbocycles. The Balaban J connectivity index is 1.74. The lowest BCUT2D eigenvalue weighted by Crippen LogP contribution is -2.27. The van der Waals surface area contributed by atoms with Gasteiger partial charge in [-0.2, -0.15) is 5.10 Å². The summed E-state index contributed by atoms with van der Waals surface area (Å²) >= 11 is 6.07.